The van der Waals surface area contributed by atoms with Crippen LogP contribution in [0.25, 0.3) is 51.8 Å². The number of thiocarbonyl (C=S) groups is 1. The molecule has 0 unspecified atom stereocenters. The first kappa shape index (κ1) is 48.7. The summed E-state index contributed by atoms with van der Waals surface area (Å²) < 4.78 is 51.2. The summed E-state index contributed by atoms with van der Waals surface area (Å²) in [4.78, 5) is 50.7. The van der Waals surface area contributed by atoms with Crippen LogP contribution in [0.4, 0.5) is 18.9 Å². The third kappa shape index (κ3) is 16.5. The average molecular weight is 890 g/mol. The molecule has 57 heavy (non-hydrogen) atoms. The first-order valence-electron chi connectivity index (χ1n) is 16.1. The van der Waals surface area contributed by atoms with Crippen molar-refractivity contribution in [1.29, 1.82) is 5.41 Å². The van der Waals surface area contributed by atoms with Crippen molar-refractivity contribution in [3.05, 3.63) is 114 Å². The predicted molar refractivity (Wildman–Crippen MR) is 209 cm³/mol. The number of nitrogens with zero attached hydrogens (tertiary/aromatic N) is 6. The van der Waals surface area contributed by atoms with Gasteiger partial charge in [-0.2, -0.15) is 18.3 Å². The van der Waals surface area contributed by atoms with Gasteiger partial charge in [0.1, 0.15) is 11.5 Å². The Bertz CT molecular complexity index is 2000. The van der Waals surface area contributed by atoms with Gasteiger partial charge in [-0.25, -0.2) is 4.98 Å². The van der Waals surface area contributed by atoms with E-state index in [2.05, 4.69) is 46.5 Å². The fourth-order valence-electron chi connectivity index (χ4n) is 4.79. The molecule has 0 aliphatic carbocycles. The Morgan fingerprint density at radius 3 is 1.72 bits per heavy atom. The van der Waals surface area contributed by atoms with Gasteiger partial charge in [0.15, 0.2) is 0 Å². The molecule has 0 aromatic carbocycles. The number of pyridine rings is 4. The van der Waals surface area contributed by atoms with Crippen LogP contribution >= 0.6 is 12.2 Å². The van der Waals surface area contributed by atoms with Crippen LogP contribution < -0.4 is 9.64 Å². The Labute approximate surface area is 344 Å². The summed E-state index contributed by atoms with van der Waals surface area (Å²) in [5.74, 6) is 0.258. The molecule has 0 bridgehead atoms. The number of aromatic nitrogens is 4. The number of carbonyl (C=O) groups is 3. The Morgan fingerprint density at radius 2 is 1.30 bits per heavy atom. The van der Waals surface area contributed by atoms with E-state index in [4.69, 9.17) is 21.3 Å². The zero-order valence-electron chi connectivity index (χ0n) is 30.7. The summed E-state index contributed by atoms with van der Waals surface area (Å²) in [6.45, 7) is 8.99. The van der Waals surface area contributed by atoms with E-state index in [0.29, 0.717) is 48.3 Å². The number of halogens is 3. The molecule has 0 saturated heterocycles. The first-order chi connectivity index (χ1) is 26.7. The largest absolute Gasteiger partial charge is 2.00 e. The van der Waals surface area contributed by atoms with Gasteiger partial charge in [0.05, 0.1) is 35.3 Å². The molecule has 0 amide bonds. The smallest absolute Gasteiger partial charge is 0.753 e. The SMILES string of the molecule is CC(C)N(c1ccnc(/C([NH-])=C/C(=N)C(F)(F)F)c1)C(C)C.O=CO/C=C/c1ccnc(-c2cc(OC=O)cc(-c3cc(/C=C/OC=O)ccn3)n2)c1.[N-]=C=S.[Ru+2]. The topological polar surface area (TPSA) is 204 Å². The van der Waals surface area contributed by atoms with Crippen LogP contribution in [0, 0.1) is 5.41 Å². The van der Waals surface area contributed by atoms with Crippen LogP contribution in [-0.2, 0) is 43.3 Å². The van der Waals surface area contributed by atoms with Crippen molar-refractivity contribution in [1.82, 2.24) is 19.9 Å². The van der Waals surface area contributed by atoms with Gasteiger partial charge in [-0.1, -0.05) is 12.2 Å². The molecule has 2 N–H and O–H groups in total. The molecule has 0 aliphatic rings. The Hall–Kier alpha value is -6.29. The standard InChI is InChI=1S/C22H15N3O6.C15H20F3N4.CNS.Ru/c26-13-29-7-3-16-1-5-23-19(9-16)21-11-18(31-15-28)12-22(25-21)20-10-17(2-6-24-20)4-8-30-14-27;1-9(2)22(10(3)4)11-5-6-21-13(7-11)12(19)8-14(20)15(16,17)18;2-1-3;/h1-15H;5-10,19-20H,1-4H3;;/q;2*-1;+2/b7-3+,8-4+;12-8-,20-14?;;. The minimum Gasteiger partial charge on any atom is -0.753 e. The monoisotopic (exact) mass is 890 g/mol. The maximum atomic E-state index is 12.4. The van der Waals surface area contributed by atoms with E-state index < -0.39 is 17.6 Å². The van der Waals surface area contributed by atoms with Gasteiger partial charge in [0.25, 0.3) is 19.4 Å². The van der Waals surface area contributed by atoms with E-state index in [1.54, 1.807) is 73.1 Å². The van der Waals surface area contributed by atoms with Crippen molar-refractivity contribution in [2.24, 2.45) is 0 Å². The number of isothiocyanates is 1. The van der Waals surface area contributed by atoms with Crippen LogP contribution in [0.3, 0.4) is 0 Å². The van der Waals surface area contributed by atoms with Crippen LogP contribution in [0.5, 0.6) is 5.75 Å². The normalized spacial score (nSPS) is 10.9. The number of carbonyl (C=O) groups excluding carboxylic acids is 3. The number of allylic oxidation sites excluding steroid dienone is 1. The molecule has 4 heterocycles. The van der Waals surface area contributed by atoms with E-state index in [1.165, 1.54) is 23.9 Å². The van der Waals surface area contributed by atoms with Gasteiger partial charge in [0, 0.05) is 54.2 Å². The molecule has 0 radical (unpaired) electrons. The number of anilines is 1. The summed E-state index contributed by atoms with van der Waals surface area (Å²) >= 11 is 3.70. The molecule has 14 nitrogen and oxygen atoms in total. The molecule has 4 rings (SSSR count). The minimum atomic E-state index is -4.76. The molecule has 298 valence electrons. The van der Waals surface area contributed by atoms with Crippen molar-refractivity contribution in [3.63, 3.8) is 0 Å². The van der Waals surface area contributed by atoms with Gasteiger partial charge in [-0.3, -0.25) is 34.7 Å². The molecule has 0 saturated carbocycles. The summed E-state index contributed by atoms with van der Waals surface area (Å²) in [5.41, 5.74) is 9.93. The van der Waals surface area contributed by atoms with Crippen molar-refractivity contribution in [3.8, 4) is 28.5 Å². The van der Waals surface area contributed by atoms with Gasteiger partial charge >= 0.3 is 25.7 Å². The second kappa shape index (κ2) is 25.0. The first-order valence-corrected chi connectivity index (χ1v) is 16.5. The molecule has 0 fully saturated rings. The Balaban J connectivity index is 0.000000551. The second-order valence-corrected chi connectivity index (χ2v) is 11.5. The molecule has 4 aromatic heterocycles. The minimum absolute atomic E-state index is 0. The number of rotatable bonds is 15. The average Bonchev–Trinajstić information content (AvgIpc) is 3.15. The summed E-state index contributed by atoms with van der Waals surface area (Å²) in [6, 6.07) is 13.8. The number of hydrogen-bond donors (Lipinski definition) is 1. The third-order valence-electron chi connectivity index (χ3n) is 6.89. The molecular weight excluding hydrogens is 855 g/mol. The molecule has 0 spiro atoms. The van der Waals surface area contributed by atoms with E-state index in [-0.39, 0.29) is 43.0 Å². The van der Waals surface area contributed by atoms with Crippen molar-refractivity contribution >= 4 is 66.0 Å². The summed E-state index contributed by atoms with van der Waals surface area (Å²) in [6.07, 6.45) is 5.98. The van der Waals surface area contributed by atoms with Crippen LogP contribution in [-0.4, -0.2) is 68.5 Å². The quantitative estimate of drug-likeness (QED) is 0.0393. The number of ether oxygens (including phenoxy) is 3. The van der Waals surface area contributed by atoms with E-state index in [1.807, 2.05) is 27.7 Å². The van der Waals surface area contributed by atoms with Crippen molar-refractivity contribution in [2.45, 2.75) is 46.0 Å². The predicted octanol–water partition coefficient (Wildman–Crippen LogP) is 8.36. The van der Waals surface area contributed by atoms with E-state index >= 15 is 0 Å². The van der Waals surface area contributed by atoms with Crippen molar-refractivity contribution < 1.29 is 61.2 Å². The maximum Gasteiger partial charge on any atom is 2.00 e. The molecule has 19 heteroatoms. The maximum absolute atomic E-state index is 12.4. The van der Waals surface area contributed by atoms with Crippen LogP contribution in [0.1, 0.15) is 44.5 Å². The van der Waals surface area contributed by atoms with Gasteiger partial charge in [0.2, 0.25) is 0 Å². The summed E-state index contributed by atoms with van der Waals surface area (Å²) in [7, 11) is 0. The van der Waals surface area contributed by atoms with Crippen LogP contribution in [0.15, 0.2) is 85.7 Å². The zero-order chi connectivity index (χ0) is 41.7. The molecular formula is C38H35F3N8O6RuS. The number of hydrogen-bond acceptors (Lipinski definition) is 13. The van der Waals surface area contributed by atoms with E-state index in [0.717, 1.165) is 16.8 Å². The fraction of sp³-hybridized carbons (Fsp3) is 0.184. The summed E-state index contributed by atoms with van der Waals surface area (Å²) in [5, 5.41) is 15.4. The molecule has 4 aromatic rings. The van der Waals surface area contributed by atoms with Gasteiger partial charge in [-0.15, -0.1) is 5.70 Å². The zero-order valence-corrected chi connectivity index (χ0v) is 33.2. The third-order valence-corrected chi connectivity index (χ3v) is 6.89. The number of nitrogens with one attached hydrogen (secondary N) is 2. The van der Waals surface area contributed by atoms with Gasteiger partial charge in [-0.05, 0) is 93.4 Å². The van der Waals surface area contributed by atoms with Gasteiger partial charge < -0.3 is 30.3 Å². The molecule has 0 aliphatic heterocycles. The van der Waals surface area contributed by atoms with E-state index in [9.17, 15) is 27.6 Å². The second-order valence-electron chi connectivity index (χ2n) is 11.4. The molecule has 0 atom stereocenters. The van der Waals surface area contributed by atoms with Crippen molar-refractivity contribution in [2.75, 3.05) is 4.90 Å². The fourth-order valence-corrected chi connectivity index (χ4v) is 4.79. The Kier molecular flexibility index (Phi) is 21.4. The van der Waals surface area contributed by atoms with Crippen LogP contribution in [0.2, 0.25) is 0 Å². The number of alkyl halides is 3. The Morgan fingerprint density at radius 1 is 0.825 bits per heavy atom.